The van der Waals surface area contributed by atoms with Crippen LogP contribution in [0, 0.1) is 5.92 Å². The Morgan fingerprint density at radius 3 is 2.47 bits per heavy atom. The fourth-order valence-electron chi connectivity index (χ4n) is 1.52. The molecule has 0 unspecified atom stereocenters. The quantitative estimate of drug-likeness (QED) is 0.710. The van der Waals surface area contributed by atoms with Gasteiger partial charge in [0.05, 0.1) is 14.2 Å². The largest absolute Gasteiger partial charge is 0.493 e. The molecule has 0 aliphatic carbocycles. The van der Waals surface area contributed by atoms with Crippen molar-refractivity contribution in [2.24, 2.45) is 10.9 Å². The monoisotopic (exact) mass is 235 g/mol. The van der Waals surface area contributed by atoms with Crippen LogP contribution in [0.25, 0.3) is 0 Å². The number of hydrogen-bond acceptors (Lipinski definition) is 3. The Morgan fingerprint density at radius 2 is 1.88 bits per heavy atom. The predicted octanol–water partition coefficient (Wildman–Crippen LogP) is 2.97. The van der Waals surface area contributed by atoms with E-state index in [1.54, 1.807) is 14.2 Å². The van der Waals surface area contributed by atoms with E-state index in [2.05, 4.69) is 18.8 Å². The van der Waals surface area contributed by atoms with Gasteiger partial charge in [0.1, 0.15) is 0 Å². The summed E-state index contributed by atoms with van der Waals surface area (Å²) >= 11 is 0. The third-order valence-electron chi connectivity index (χ3n) is 2.38. The van der Waals surface area contributed by atoms with E-state index >= 15 is 0 Å². The fourth-order valence-corrected chi connectivity index (χ4v) is 1.52. The minimum Gasteiger partial charge on any atom is -0.493 e. The second-order valence-electron chi connectivity index (χ2n) is 4.24. The number of rotatable bonds is 6. The minimum atomic E-state index is 0.514. The minimum absolute atomic E-state index is 0.514. The molecular weight excluding hydrogens is 214 g/mol. The number of aliphatic imine (C=N–C) groups is 1. The van der Waals surface area contributed by atoms with Crippen LogP contribution in [0.1, 0.15) is 19.4 Å². The van der Waals surface area contributed by atoms with Crippen LogP contribution in [0.15, 0.2) is 23.2 Å². The molecule has 0 amide bonds. The van der Waals surface area contributed by atoms with E-state index in [1.165, 1.54) is 5.56 Å². The molecule has 0 atom stereocenters. The molecule has 0 fully saturated rings. The molecule has 0 saturated carbocycles. The van der Waals surface area contributed by atoms with Gasteiger partial charge in [-0.15, -0.1) is 0 Å². The maximum absolute atomic E-state index is 5.26. The molecule has 1 aromatic rings. The Kier molecular flexibility index (Phi) is 5.53. The SMILES string of the molecule is COc1ccc(CCN=CC(C)C)cc1OC. The first-order valence-electron chi connectivity index (χ1n) is 5.88. The summed E-state index contributed by atoms with van der Waals surface area (Å²) in [5.41, 5.74) is 1.21. The maximum Gasteiger partial charge on any atom is 0.160 e. The molecule has 1 rings (SSSR count). The van der Waals surface area contributed by atoms with Gasteiger partial charge in [0.25, 0.3) is 0 Å². The van der Waals surface area contributed by atoms with Gasteiger partial charge < -0.3 is 9.47 Å². The van der Waals surface area contributed by atoms with Gasteiger partial charge in [0.2, 0.25) is 0 Å². The Hall–Kier alpha value is -1.51. The molecule has 1 aromatic carbocycles. The van der Waals surface area contributed by atoms with E-state index in [-0.39, 0.29) is 0 Å². The first-order chi connectivity index (χ1) is 8.17. The number of ether oxygens (including phenoxy) is 2. The van der Waals surface area contributed by atoms with E-state index in [0.29, 0.717) is 5.92 Å². The molecule has 3 heteroatoms. The van der Waals surface area contributed by atoms with E-state index in [0.717, 1.165) is 24.5 Å². The molecule has 0 N–H and O–H groups in total. The summed E-state index contributed by atoms with van der Waals surface area (Å²) in [6, 6.07) is 5.98. The van der Waals surface area contributed by atoms with Gasteiger partial charge in [0.15, 0.2) is 11.5 Å². The van der Waals surface area contributed by atoms with Crippen LogP contribution in [0.3, 0.4) is 0 Å². The summed E-state index contributed by atoms with van der Waals surface area (Å²) in [4.78, 5) is 4.37. The lowest BCUT2D eigenvalue weighted by atomic mass is 10.1. The molecule has 0 aromatic heterocycles. The summed E-state index contributed by atoms with van der Waals surface area (Å²) < 4.78 is 10.5. The molecule has 3 nitrogen and oxygen atoms in total. The van der Waals surface area contributed by atoms with Crippen LogP contribution in [0.4, 0.5) is 0 Å². The van der Waals surface area contributed by atoms with Gasteiger partial charge in [-0.3, -0.25) is 4.99 Å². The van der Waals surface area contributed by atoms with Crippen molar-refractivity contribution in [3.05, 3.63) is 23.8 Å². The van der Waals surface area contributed by atoms with Crippen molar-refractivity contribution in [1.29, 1.82) is 0 Å². The maximum atomic E-state index is 5.26. The Bertz CT molecular complexity index is 372. The molecule has 17 heavy (non-hydrogen) atoms. The Morgan fingerprint density at radius 1 is 1.18 bits per heavy atom. The predicted molar refractivity (Wildman–Crippen MR) is 71.4 cm³/mol. The molecular formula is C14H21NO2. The van der Waals surface area contributed by atoms with Crippen LogP contribution in [-0.2, 0) is 6.42 Å². The zero-order chi connectivity index (χ0) is 12.7. The van der Waals surface area contributed by atoms with Crippen molar-refractivity contribution in [3.63, 3.8) is 0 Å². The molecule has 0 aliphatic heterocycles. The summed E-state index contributed by atoms with van der Waals surface area (Å²) in [7, 11) is 3.29. The van der Waals surface area contributed by atoms with Crippen LogP contribution in [0.2, 0.25) is 0 Å². The van der Waals surface area contributed by atoms with Gasteiger partial charge in [-0.05, 0) is 30.0 Å². The van der Waals surface area contributed by atoms with Crippen LogP contribution < -0.4 is 9.47 Å². The van der Waals surface area contributed by atoms with E-state index in [4.69, 9.17) is 9.47 Å². The highest BCUT2D eigenvalue weighted by Gasteiger charge is 2.03. The summed E-state index contributed by atoms with van der Waals surface area (Å²) in [5, 5.41) is 0. The first-order valence-corrected chi connectivity index (χ1v) is 5.88. The second kappa shape index (κ2) is 6.94. The third kappa shape index (κ3) is 4.47. The molecule has 0 saturated heterocycles. The highest BCUT2D eigenvalue weighted by Crippen LogP contribution is 2.27. The Labute approximate surface area is 103 Å². The van der Waals surface area contributed by atoms with Crippen LogP contribution >= 0.6 is 0 Å². The van der Waals surface area contributed by atoms with Crippen molar-refractivity contribution in [2.75, 3.05) is 20.8 Å². The zero-order valence-electron chi connectivity index (χ0n) is 11.1. The Balaban J connectivity index is 2.60. The molecule has 0 spiro atoms. The molecule has 0 bridgehead atoms. The van der Waals surface area contributed by atoms with E-state index in [9.17, 15) is 0 Å². The lowest BCUT2D eigenvalue weighted by Gasteiger charge is -2.08. The first kappa shape index (κ1) is 13.6. The van der Waals surface area contributed by atoms with Crippen molar-refractivity contribution in [1.82, 2.24) is 0 Å². The number of nitrogens with zero attached hydrogens (tertiary/aromatic N) is 1. The second-order valence-corrected chi connectivity index (χ2v) is 4.24. The summed E-state index contributed by atoms with van der Waals surface area (Å²) in [5.74, 6) is 2.06. The normalized spacial score (nSPS) is 11.1. The van der Waals surface area contributed by atoms with E-state index < -0.39 is 0 Å². The zero-order valence-corrected chi connectivity index (χ0v) is 11.1. The standard InChI is InChI=1S/C14H21NO2/c1-11(2)10-15-8-7-12-5-6-13(16-3)14(9-12)17-4/h5-6,9-11H,7-8H2,1-4H3. The van der Waals surface area contributed by atoms with Crippen molar-refractivity contribution in [2.45, 2.75) is 20.3 Å². The molecule has 0 radical (unpaired) electrons. The van der Waals surface area contributed by atoms with Crippen molar-refractivity contribution < 1.29 is 9.47 Å². The van der Waals surface area contributed by atoms with Gasteiger partial charge >= 0.3 is 0 Å². The van der Waals surface area contributed by atoms with Gasteiger partial charge in [-0.25, -0.2) is 0 Å². The van der Waals surface area contributed by atoms with E-state index in [1.807, 2.05) is 24.4 Å². The van der Waals surface area contributed by atoms with Gasteiger partial charge in [-0.1, -0.05) is 19.9 Å². The summed E-state index contributed by atoms with van der Waals surface area (Å²) in [6.45, 7) is 5.06. The lowest BCUT2D eigenvalue weighted by Crippen LogP contribution is -1.96. The lowest BCUT2D eigenvalue weighted by molar-refractivity contribution is 0.354. The molecule has 94 valence electrons. The van der Waals surface area contributed by atoms with Gasteiger partial charge in [0, 0.05) is 12.8 Å². The average molecular weight is 235 g/mol. The summed E-state index contributed by atoms with van der Waals surface area (Å²) in [6.07, 6.45) is 2.91. The number of benzene rings is 1. The average Bonchev–Trinajstić information content (AvgIpc) is 2.34. The fraction of sp³-hybridized carbons (Fsp3) is 0.500. The third-order valence-corrected chi connectivity index (χ3v) is 2.38. The topological polar surface area (TPSA) is 30.8 Å². The smallest absolute Gasteiger partial charge is 0.160 e. The highest BCUT2D eigenvalue weighted by molar-refractivity contribution is 5.59. The van der Waals surface area contributed by atoms with Gasteiger partial charge in [-0.2, -0.15) is 0 Å². The number of methoxy groups -OCH3 is 2. The molecule has 0 aliphatic rings. The van der Waals surface area contributed by atoms with Crippen LogP contribution in [-0.4, -0.2) is 27.0 Å². The van der Waals surface area contributed by atoms with Crippen molar-refractivity contribution >= 4 is 6.21 Å². The molecule has 0 heterocycles. The highest BCUT2D eigenvalue weighted by atomic mass is 16.5. The van der Waals surface area contributed by atoms with Crippen LogP contribution in [0.5, 0.6) is 11.5 Å². The van der Waals surface area contributed by atoms with Crippen molar-refractivity contribution in [3.8, 4) is 11.5 Å². The number of hydrogen-bond donors (Lipinski definition) is 0.